The molecule has 2 heterocycles. The summed E-state index contributed by atoms with van der Waals surface area (Å²) in [5.41, 5.74) is 4.20. The first-order chi connectivity index (χ1) is 11.6. The Kier molecular flexibility index (Phi) is 3.82. The summed E-state index contributed by atoms with van der Waals surface area (Å²) in [6, 6.07) is 8.40. The van der Waals surface area contributed by atoms with E-state index in [1.807, 2.05) is 25.1 Å². The number of fused-ring (bicyclic) bond motifs is 5. The van der Waals surface area contributed by atoms with Gasteiger partial charge >= 0.3 is 0 Å². The molecule has 4 rings (SSSR count). The number of aromatic nitrogens is 1. The molecular weight excluding hydrogens is 300 g/mol. The number of allylic oxidation sites excluding steroid dienone is 1. The number of aliphatic hydroxyl groups excluding tert-OH is 1. The molecule has 1 aliphatic carbocycles. The van der Waals surface area contributed by atoms with Crippen molar-refractivity contribution < 1.29 is 9.90 Å². The summed E-state index contributed by atoms with van der Waals surface area (Å²) >= 11 is 0. The van der Waals surface area contributed by atoms with Gasteiger partial charge in [-0.1, -0.05) is 29.8 Å². The second-order valence-electron chi connectivity index (χ2n) is 7.15. The van der Waals surface area contributed by atoms with Crippen molar-refractivity contribution in [3.05, 3.63) is 47.2 Å². The number of rotatable bonds is 1. The number of Topliss-reactive ketones (excluding diaryl/α,β-unsaturated/α-hetero) is 1. The Morgan fingerprint density at radius 3 is 2.88 bits per heavy atom. The smallest absolute Gasteiger partial charge is 0.179 e. The number of aromatic amines is 1. The molecule has 0 unspecified atom stereocenters. The van der Waals surface area contributed by atoms with Crippen LogP contribution in [-0.4, -0.2) is 47.0 Å². The number of carbonyl (C=O) groups excluding carboxylic acids is 1. The number of hydrogen-bond acceptors (Lipinski definition) is 3. The Hall–Kier alpha value is -1.91. The first-order valence-corrected chi connectivity index (χ1v) is 8.73. The molecule has 4 nitrogen and oxygen atoms in total. The molecule has 1 aromatic heterocycles. The van der Waals surface area contributed by atoms with Crippen LogP contribution < -0.4 is 0 Å². The number of carbonyl (C=O) groups is 1. The molecule has 1 fully saturated rings. The Morgan fingerprint density at radius 1 is 1.33 bits per heavy atom. The number of aliphatic hydroxyl groups is 1. The van der Waals surface area contributed by atoms with E-state index in [4.69, 9.17) is 0 Å². The molecule has 0 amide bonds. The van der Waals surface area contributed by atoms with Crippen molar-refractivity contribution in [2.75, 3.05) is 20.2 Å². The van der Waals surface area contributed by atoms with Gasteiger partial charge in [-0.2, -0.15) is 0 Å². The van der Waals surface area contributed by atoms with Crippen LogP contribution in [0, 0.1) is 11.8 Å². The highest BCUT2D eigenvalue weighted by Gasteiger charge is 2.42. The standard InChI is InChI=1S/C20H24N2O2/c1-3-12-10-22(2)18-8-15-13-6-4-5-7-17(13)21-20(15)19(24)9-14(12)16(18)11-23/h3-7,14,16,18,21,23H,8-11H2,1-2H3/b12-3+/t14-,16+,18-/m0/s1. The average molecular weight is 324 g/mol. The van der Waals surface area contributed by atoms with Crippen molar-refractivity contribution in [3.63, 3.8) is 0 Å². The fourth-order valence-electron chi connectivity index (χ4n) is 4.70. The lowest BCUT2D eigenvalue weighted by Gasteiger charge is -2.46. The molecule has 1 aromatic carbocycles. The number of piperidine rings is 1. The van der Waals surface area contributed by atoms with Crippen LogP contribution in [0.5, 0.6) is 0 Å². The molecule has 4 heteroatoms. The van der Waals surface area contributed by atoms with E-state index in [-0.39, 0.29) is 30.3 Å². The molecule has 1 aliphatic heterocycles. The highest BCUT2D eigenvalue weighted by atomic mass is 16.3. The predicted molar refractivity (Wildman–Crippen MR) is 95.2 cm³/mol. The minimum absolute atomic E-state index is 0.112. The number of benzene rings is 1. The van der Waals surface area contributed by atoms with Gasteiger partial charge in [0.15, 0.2) is 5.78 Å². The summed E-state index contributed by atoms with van der Waals surface area (Å²) < 4.78 is 0. The van der Waals surface area contributed by atoms with E-state index < -0.39 is 0 Å². The number of para-hydroxylation sites is 1. The average Bonchev–Trinajstić information content (AvgIpc) is 2.95. The Labute approximate surface area is 142 Å². The lowest BCUT2D eigenvalue weighted by molar-refractivity contribution is 0.0518. The minimum atomic E-state index is 0.112. The lowest BCUT2D eigenvalue weighted by atomic mass is 9.71. The molecule has 2 aromatic rings. The molecule has 0 saturated carbocycles. The van der Waals surface area contributed by atoms with Gasteiger partial charge in [0.25, 0.3) is 0 Å². The van der Waals surface area contributed by atoms with Crippen molar-refractivity contribution in [2.45, 2.75) is 25.8 Å². The molecule has 126 valence electrons. The van der Waals surface area contributed by atoms with Gasteiger partial charge in [0.1, 0.15) is 0 Å². The lowest BCUT2D eigenvalue weighted by Crippen LogP contribution is -2.52. The zero-order chi connectivity index (χ0) is 16.8. The molecule has 2 aliphatic rings. The molecule has 0 spiro atoms. The van der Waals surface area contributed by atoms with Crippen molar-refractivity contribution in [2.24, 2.45) is 11.8 Å². The third kappa shape index (κ3) is 2.25. The zero-order valence-electron chi connectivity index (χ0n) is 14.2. The van der Waals surface area contributed by atoms with E-state index in [9.17, 15) is 9.90 Å². The van der Waals surface area contributed by atoms with Crippen LogP contribution in [0.15, 0.2) is 35.9 Å². The fourth-order valence-corrected chi connectivity index (χ4v) is 4.70. The van der Waals surface area contributed by atoms with Crippen LogP contribution in [0.1, 0.15) is 29.4 Å². The van der Waals surface area contributed by atoms with Crippen LogP contribution in [0.25, 0.3) is 10.9 Å². The van der Waals surface area contributed by atoms with Gasteiger partial charge in [0.05, 0.1) is 5.69 Å². The second kappa shape index (κ2) is 5.87. The normalized spacial score (nSPS) is 29.5. The number of nitrogens with one attached hydrogen (secondary N) is 1. The molecular formula is C20H24N2O2. The van der Waals surface area contributed by atoms with Gasteiger partial charge in [-0.05, 0) is 37.9 Å². The number of H-pyrrole nitrogens is 1. The summed E-state index contributed by atoms with van der Waals surface area (Å²) in [6.45, 7) is 3.05. The summed E-state index contributed by atoms with van der Waals surface area (Å²) in [6.07, 6.45) is 3.41. The number of hydrogen-bond donors (Lipinski definition) is 2. The fraction of sp³-hybridized carbons (Fsp3) is 0.450. The summed E-state index contributed by atoms with van der Waals surface area (Å²) in [5.74, 6) is 0.431. The van der Waals surface area contributed by atoms with Gasteiger partial charge in [0, 0.05) is 42.4 Å². The van der Waals surface area contributed by atoms with Crippen LogP contribution in [0.3, 0.4) is 0 Å². The molecule has 2 bridgehead atoms. The van der Waals surface area contributed by atoms with Crippen LogP contribution in [0.4, 0.5) is 0 Å². The topological polar surface area (TPSA) is 56.3 Å². The maximum absolute atomic E-state index is 13.0. The number of likely N-dealkylation sites (tertiary alicyclic amines) is 1. The molecule has 1 saturated heterocycles. The van der Waals surface area contributed by atoms with Crippen LogP contribution in [0.2, 0.25) is 0 Å². The van der Waals surface area contributed by atoms with Crippen molar-refractivity contribution in [1.29, 1.82) is 0 Å². The molecule has 24 heavy (non-hydrogen) atoms. The van der Waals surface area contributed by atoms with E-state index >= 15 is 0 Å². The zero-order valence-corrected chi connectivity index (χ0v) is 14.2. The van der Waals surface area contributed by atoms with E-state index in [0.29, 0.717) is 6.42 Å². The third-order valence-corrected chi connectivity index (χ3v) is 5.98. The quantitative estimate of drug-likeness (QED) is 0.793. The van der Waals surface area contributed by atoms with Gasteiger partial charge in [-0.25, -0.2) is 0 Å². The van der Waals surface area contributed by atoms with Gasteiger partial charge in [-0.3, -0.25) is 9.69 Å². The number of nitrogens with zero attached hydrogens (tertiary/aromatic N) is 1. The van der Waals surface area contributed by atoms with Crippen LogP contribution >= 0.6 is 0 Å². The summed E-state index contributed by atoms with van der Waals surface area (Å²) in [5, 5.41) is 11.2. The van der Waals surface area contributed by atoms with Gasteiger partial charge in [-0.15, -0.1) is 0 Å². The molecule has 3 atom stereocenters. The third-order valence-electron chi connectivity index (χ3n) is 5.98. The monoisotopic (exact) mass is 324 g/mol. The first kappa shape index (κ1) is 15.6. The van der Waals surface area contributed by atoms with E-state index in [2.05, 4.69) is 29.1 Å². The van der Waals surface area contributed by atoms with Gasteiger partial charge < -0.3 is 10.1 Å². The van der Waals surface area contributed by atoms with E-state index in [0.717, 1.165) is 35.1 Å². The van der Waals surface area contributed by atoms with E-state index in [1.165, 1.54) is 5.57 Å². The molecule has 0 radical (unpaired) electrons. The predicted octanol–water partition coefficient (Wildman–Crippen LogP) is 2.78. The molecule has 2 N–H and O–H groups in total. The summed E-state index contributed by atoms with van der Waals surface area (Å²) in [4.78, 5) is 18.7. The number of ketones is 1. The van der Waals surface area contributed by atoms with Crippen molar-refractivity contribution in [3.8, 4) is 0 Å². The number of likely N-dealkylation sites (N-methyl/N-ethyl adjacent to an activating group) is 1. The van der Waals surface area contributed by atoms with E-state index in [1.54, 1.807) is 0 Å². The Morgan fingerprint density at radius 2 is 2.12 bits per heavy atom. The maximum Gasteiger partial charge on any atom is 0.179 e. The largest absolute Gasteiger partial charge is 0.396 e. The highest BCUT2D eigenvalue weighted by molar-refractivity contribution is 6.02. The maximum atomic E-state index is 13.0. The van der Waals surface area contributed by atoms with Crippen molar-refractivity contribution >= 4 is 16.7 Å². The van der Waals surface area contributed by atoms with Crippen LogP contribution in [-0.2, 0) is 6.42 Å². The van der Waals surface area contributed by atoms with Crippen molar-refractivity contribution in [1.82, 2.24) is 9.88 Å². The Balaban J connectivity index is 1.89. The minimum Gasteiger partial charge on any atom is -0.396 e. The SMILES string of the molecule is C/C=C1\CN(C)[C@H]2Cc3c([nH]c4ccccc34)C(=O)C[C@@H]1[C@H]2CO. The van der Waals surface area contributed by atoms with Gasteiger partial charge in [0.2, 0.25) is 0 Å². The first-order valence-electron chi connectivity index (χ1n) is 8.73. The highest BCUT2D eigenvalue weighted by Crippen LogP contribution is 2.40. The Bertz CT molecular complexity index is 820. The summed E-state index contributed by atoms with van der Waals surface area (Å²) in [7, 11) is 2.13. The second-order valence-corrected chi connectivity index (χ2v) is 7.15.